The standard InChI is InChI=1S/C6H9NO2S/c1-4-7(2)3-5(10-4)6(8)9/h3-4H,1-2H3,(H,8,9). The molecule has 1 rings (SSSR count). The van der Waals surface area contributed by atoms with E-state index in [1.807, 2.05) is 18.9 Å². The van der Waals surface area contributed by atoms with Crippen molar-refractivity contribution in [3.8, 4) is 0 Å². The van der Waals surface area contributed by atoms with E-state index in [0.717, 1.165) is 0 Å². The summed E-state index contributed by atoms with van der Waals surface area (Å²) >= 11 is 1.37. The minimum absolute atomic E-state index is 0.256. The van der Waals surface area contributed by atoms with Gasteiger partial charge in [-0.2, -0.15) is 0 Å². The van der Waals surface area contributed by atoms with E-state index in [1.54, 1.807) is 6.20 Å². The molecule has 0 aromatic rings. The SMILES string of the molecule is CC1SC(C(=O)O)=CN1C. The van der Waals surface area contributed by atoms with E-state index in [4.69, 9.17) is 5.11 Å². The van der Waals surface area contributed by atoms with Crippen LogP contribution >= 0.6 is 11.8 Å². The van der Waals surface area contributed by atoms with Crippen LogP contribution in [-0.4, -0.2) is 28.4 Å². The molecule has 0 aromatic carbocycles. The summed E-state index contributed by atoms with van der Waals surface area (Å²) < 4.78 is 0. The number of rotatable bonds is 1. The van der Waals surface area contributed by atoms with E-state index in [2.05, 4.69) is 0 Å². The van der Waals surface area contributed by atoms with Gasteiger partial charge in [0.15, 0.2) is 0 Å². The summed E-state index contributed by atoms with van der Waals surface area (Å²) in [6, 6.07) is 0. The van der Waals surface area contributed by atoms with Gasteiger partial charge in [0.05, 0.1) is 5.37 Å². The third-order valence-electron chi connectivity index (χ3n) is 1.40. The zero-order chi connectivity index (χ0) is 7.72. The number of hydrogen-bond donors (Lipinski definition) is 1. The second kappa shape index (κ2) is 2.54. The van der Waals surface area contributed by atoms with Gasteiger partial charge < -0.3 is 10.0 Å². The molecule has 10 heavy (non-hydrogen) atoms. The zero-order valence-corrected chi connectivity index (χ0v) is 6.68. The van der Waals surface area contributed by atoms with Crippen molar-refractivity contribution in [1.82, 2.24) is 4.90 Å². The van der Waals surface area contributed by atoms with Crippen molar-refractivity contribution in [1.29, 1.82) is 0 Å². The van der Waals surface area contributed by atoms with Gasteiger partial charge in [-0.1, -0.05) is 11.8 Å². The van der Waals surface area contributed by atoms with Crippen LogP contribution in [0.4, 0.5) is 0 Å². The van der Waals surface area contributed by atoms with Crippen molar-refractivity contribution < 1.29 is 9.90 Å². The van der Waals surface area contributed by atoms with E-state index >= 15 is 0 Å². The Morgan fingerprint density at radius 2 is 2.50 bits per heavy atom. The highest BCUT2D eigenvalue weighted by Crippen LogP contribution is 2.30. The molecule has 0 saturated carbocycles. The van der Waals surface area contributed by atoms with Crippen molar-refractivity contribution in [2.45, 2.75) is 12.3 Å². The molecule has 0 fully saturated rings. The van der Waals surface area contributed by atoms with E-state index in [0.29, 0.717) is 4.91 Å². The number of carboxylic acids is 1. The maximum absolute atomic E-state index is 10.4. The van der Waals surface area contributed by atoms with Crippen LogP contribution in [0.5, 0.6) is 0 Å². The van der Waals surface area contributed by atoms with Crippen LogP contribution in [0.25, 0.3) is 0 Å². The monoisotopic (exact) mass is 159 g/mol. The lowest BCUT2D eigenvalue weighted by Gasteiger charge is -2.12. The summed E-state index contributed by atoms with van der Waals surface area (Å²) in [5, 5.41) is 8.79. The highest BCUT2D eigenvalue weighted by Gasteiger charge is 2.22. The molecule has 1 N–H and O–H groups in total. The summed E-state index contributed by atoms with van der Waals surface area (Å²) in [5.74, 6) is -0.832. The van der Waals surface area contributed by atoms with Gasteiger partial charge in [0.2, 0.25) is 0 Å². The summed E-state index contributed by atoms with van der Waals surface area (Å²) in [6.45, 7) is 1.97. The molecule has 0 bridgehead atoms. The summed E-state index contributed by atoms with van der Waals surface area (Å²) in [7, 11) is 1.87. The molecule has 0 aliphatic carbocycles. The number of hydrogen-bond acceptors (Lipinski definition) is 3. The molecule has 0 aromatic heterocycles. The Kier molecular flexibility index (Phi) is 1.89. The van der Waals surface area contributed by atoms with Crippen LogP contribution in [0, 0.1) is 0 Å². The Morgan fingerprint density at radius 3 is 2.70 bits per heavy atom. The van der Waals surface area contributed by atoms with Crippen LogP contribution in [0.3, 0.4) is 0 Å². The second-order valence-corrected chi connectivity index (χ2v) is 3.54. The fourth-order valence-corrected chi connectivity index (χ4v) is 1.62. The molecular weight excluding hydrogens is 150 g/mol. The molecule has 0 radical (unpaired) electrons. The Bertz CT molecular complexity index is 190. The average molecular weight is 159 g/mol. The second-order valence-electron chi connectivity index (χ2n) is 2.18. The first kappa shape index (κ1) is 7.47. The molecule has 3 nitrogen and oxygen atoms in total. The van der Waals surface area contributed by atoms with Gasteiger partial charge in [0, 0.05) is 13.2 Å². The average Bonchev–Trinajstić information content (AvgIpc) is 2.13. The lowest BCUT2D eigenvalue weighted by Crippen LogP contribution is -2.14. The Balaban J connectivity index is 2.67. The Morgan fingerprint density at radius 1 is 1.90 bits per heavy atom. The van der Waals surface area contributed by atoms with Crippen molar-refractivity contribution in [2.24, 2.45) is 0 Å². The number of thioether (sulfide) groups is 1. The highest BCUT2D eigenvalue weighted by atomic mass is 32.2. The fraction of sp³-hybridized carbons (Fsp3) is 0.500. The van der Waals surface area contributed by atoms with E-state index in [9.17, 15) is 4.79 Å². The van der Waals surface area contributed by atoms with Crippen molar-refractivity contribution in [3.63, 3.8) is 0 Å². The zero-order valence-electron chi connectivity index (χ0n) is 5.87. The predicted octanol–water partition coefficient (Wildman–Crippen LogP) is 0.937. The van der Waals surface area contributed by atoms with Crippen molar-refractivity contribution in [2.75, 3.05) is 7.05 Å². The molecule has 0 spiro atoms. The Labute approximate surface area is 63.7 Å². The normalized spacial score (nSPS) is 24.8. The largest absolute Gasteiger partial charge is 0.477 e. The third kappa shape index (κ3) is 1.26. The lowest BCUT2D eigenvalue weighted by molar-refractivity contribution is -0.131. The fourth-order valence-electron chi connectivity index (χ4n) is 0.693. The first-order valence-electron chi connectivity index (χ1n) is 2.95. The molecule has 1 heterocycles. The first-order chi connectivity index (χ1) is 4.61. The molecule has 1 unspecified atom stereocenters. The molecule has 0 amide bonds. The van der Waals surface area contributed by atoms with Gasteiger partial charge in [-0.05, 0) is 6.92 Å². The number of aliphatic carboxylic acids is 1. The van der Waals surface area contributed by atoms with Gasteiger partial charge in [-0.3, -0.25) is 0 Å². The van der Waals surface area contributed by atoms with E-state index in [-0.39, 0.29) is 5.37 Å². The number of carboxylic acid groups (broad SMARTS) is 1. The first-order valence-corrected chi connectivity index (χ1v) is 3.83. The molecule has 56 valence electrons. The third-order valence-corrected chi connectivity index (χ3v) is 2.61. The van der Waals surface area contributed by atoms with Gasteiger partial charge in [-0.15, -0.1) is 0 Å². The molecule has 1 aliphatic rings. The van der Waals surface area contributed by atoms with Crippen LogP contribution in [0.2, 0.25) is 0 Å². The number of carbonyl (C=O) groups is 1. The van der Waals surface area contributed by atoms with Crippen molar-refractivity contribution >= 4 is 17.7 Å². The van der Waals surface area contributed by atoms with Crippen LogP contribution < -0.4 is 0 Å². The summed E-state index contributed by atoms with van der Waals surface area (Å²) in [4.78, 5) is 12.7. The van der Waals surface area contributed by atoms with Gasteiger partial charge in [0.1, 0.15) is 4.91 Å². The van der Waals surface area contributed by atoms with Crippen LogP contribution in [0.15, 0.2) is 11.1 Å². The summed E-state index contributed by atoms with van der Waals surface area (Å²) in [6.07, 6.45) is 1.65. The highest BCUT2D eigenvalue weighted by molar-refractivity contribution is 8.04. The van der Waals surface area contributed by atoms with Gasteiger partial charge >= 0.3 is 5.97 Å². The molecule has 0 saturated heterocycles. The van der Waals surface area contributed by atoms with E-state index < -0.39 is 5.97 Å². The smallest absolute Gasteiger partial charge is 0.343 e. The van der Waals surface area contributed by atoms with E-state index in [1.165, 1.54) is 11.8 Å². The summed E-state index contributed by atoms with van der Waals surface area (Å²) in [5.41, 5.74) is 0. The quantitative estimate of drug-likeness (QED) is 0.618. The molecule has 1 aliphatic heterocycles. The maximum Gasteiger partial charge on any atom is 0.343 e. The Hall–Kier alpha value is -0.640. The van der Waals surface area contributed by atoms with Crippen LogP contribution in [0.1, 0.15) is 6.92 Å². The van der Waals surface area contributed by atoms with Gasteiger partial charge in [-0.25, -0.2) is 4.79 Å². The topological polar surface area (TPSA) is 40.5 Å². The maximum atomic E-state index is 10.4. The predicted molar refractivity (Wildman–Crippen MR) is 40.5 cm³/mol. The molecular formula is C6H9NO2S. The molecule has 4 heteroatoms. The molecule has 1 atom stereocenters. The van der Waals surface area contributed by atoms with Crippen molar-refractivity contribution in [3.05, 3.63) is 11.1 Å². The minimum Gasteiger partial charge on any atom is -0.477 e. The number of nitrogens with zero attached hydrogens (tertiary/aromatic N) is 1. The minimum atomic E-state index is -0.832. The van der Waals surface area contributed by atoms with Crippen LogP contribution in [-0.2, 0) is 4.79 Å². The van der Waals surface area contributed by atoms with Gasteiger partial charge in [0.25, 0.3) is 0 Å². The lowest BCUT2D eigenvalue weighted by atomic mass is 10.5.